The van der Waals surface area contributed by atoms with Gasteiger partial charge in [0.05, 0.1) is 6.61 Å². The van der Waals surface area contributed by atoms with Crippen molar-refractivity contribution in [1.82, 2.24) is 4.90 Å². The third kappa shape index (κ3) is 4.79. The molecule has 3 rings (SSSR count). The van der Waals surface area contributed by atoms with E-state index in [2.05, 4.69) is 0 Å². The van der Waals surface area contributed by atoms with Crippen molar-refractivity contribution in [3.05, 3.63) is 53.1 Å². The summed E-state index contributed by atoms with van der Waals surface area (Å²) in [5.74, 6) is 2.18. The molecular formula is C22H22N2O5. The van der Waals surface area contributed by atoms with Gasteiger partial charge in [0, 0.05) is 14.1 Å². The SMILES string of the molecule is CCOc1cc(/C=C(/C#N)C(=O)N(C)C)ccc1OCc1ccc2c(c1)OCO2. The molecule has 2 aromatic carbocycles. The van der Waals surface area contributed by atoms with E-state index in [4.69, 9.17) is 18.9 Å². The van der Waals surface area contributed by atoms with E-state index in [-0.39, 0.29) is 18.3 Å². The fourth-order valence-corrected chi connectivity index (χ4v) is 2.74. The Morgan fingerprint density at radius 1 is 1.14 bits per heavy atom. The van der Waals surface area contributed by atoms with Crippen molar-refractivity contribution < 1.29 is 23.7 Å². The molecule has 0 aliphatic carbocycles. The van der Waals surface area contributed by atoms with Gasteiger partial charge in [-0.15, -0.1) is 0 Å². The Morgan fingerprint density at radius 2 is 1.93 bits per heavy atom. The van der Waals surface area contributed by atoms with Crippen LogP contribution in [0.2, 0.25) is 0 Å². The molecule has 0 bridgehead atoms. The summed E-state index contributed by atoms with van der Waals surface area (Å²) >= 11 is 0. The minimum atomic E-state index is -0.353. The van der Waals surface area contributed by atoms with E-state index in [9.17, 15) is 10.1 Å². The number of hydrogen-bond donors (Lipinski definition) is 0. The number of nitriles is 1. The van der Waals surface area contributed by atoms with E-state index in [1.807, 2.05) is 31.2 Å². The standard InChI is InChI=1S/C22H22N2O5/c1-4-26-20-10-15(9-17(12-23)22(25)24(2)3)5-7-18(20)27-13-16-6-8-19-21(11-16)29-14-28-19/h5-11H,4,13-14H2,1-3H3/b17-9-. The second-order valence-electron chi connectivity index (χ2n) is 6.48. The molecule has 0 unspecified atom stereocenters. The van der Waals surface area contributed by atoms with Crippen LogP contribution in [0.4, 0.5) is 0 Å². The van der Waals surface area contributed by atoms with Crippen LogP contribution in [0.5, 0.6) is 23.0 Å². The average molecular weight is 394 g/mol. The van der Waals surface area contributed by atoms with Crippen molar-refractivity contribution in [1.29, 1.82) is 5.26 Å². The molecule has 0 radical (unpaired) electrons. The number of benzene rings is 2. The summed E-state index contributed by atoms with van der Waals surface area (Å²) in [5, 5.41) is 9.27. The smallest absolute Gasteiger partial charge is 0.264 e. The van der Waals surface area contributed by atoms with Crippen molar-refractivity contribution in [2.45, 2.75) is 13.5 Å². The van der Waals surface area contributed by atoms with E-state index < -0.39 is 0 Å². The second-order valence-corrected chi connectivity index (χ2v) is 6.48. The van der Waals surface area contributed by atoms with Crippen LogP contribution in [-0.2, 0) is 11.4 Å². The summed E-state index contributed by atoms with van der Waals surface area (Å²) in [7, 11) is 3.21. The number of hydrogen-bond acceptors (Lipinski definition) is 6. The Kier molecular flexibility index (Phi) is 6.25. The summed E-state index contributed by atoms with van der Waals surface area (Å²) in [6.07, 6.45) is 1.53. The molecule has 7 nitrogen and oxygen atoms in total. The molecule has 150 valence electrons. The predicted octanol–water partition coefficient (Wildman–Crippen LogP) is 3.39. The van der Waals surface area contributed by atoms with Crippen LogP contribution in [0.3, 0.4) is 0 Å². The highest BCUT2D eigenvalue weighted by Crippen LogP contribution is 2.34. The minimum Gasteiger partial charge on any atom is -0.490 e. The van der Waals surface area contributed by atoms with Crippen molar-refractivity contribution in [3.8, 4) is 29.1 Å². The van der Waals surface area contributed by atoms with Crippen LogP contribution in [0, 0.1) is 11.3 Å². The van der Waals surface area contributed by atoms with Gasteiger partial charge in [-0.3, -0.25) is 4.79 Å². The monoisotopic (exact) mass is 394 g/mol. The molecule has 29 heavy (non-hydrogen) atoms. The van der Waals surface area contributed by atoms with E-state index >= 15 is 0 Å². The molecule has 1 amide bonds. The molecule has 1 aliphatic heterocycles. The highest BCUT2D eigenvalue weighted by atomic mass is 16.7. The molecule has 2 aromatic rings. The number of likely N-dealkylation sites (N-methyl/N-ethyl adjacent to an activating group) is 1. The predicted molar refractivity (Wildman–Crippen MR) is 107 cm³/mol. The van der Waals surface area contributed by atoms with E-state index in [1.165, 1.54) is 11.0 Å². The number of carbonyl (C=O) groups is 1. The zero-order valence-corrected chi connectivity index (χ0v) is 16.6. The minimum absolute atomic E-state index is 0.0477. The van der Waals surface area contributed by atoms with Gasteiger partial charge in [-0.2, -0.15) is 5.26 Å². The molecule has 0 saturated heterocycles. The number of ether oxygens (including phenoxy) is 4. The van der Waals surface area contributed by atoms with Crippen LogP contribution in [0.1, 0.15) is 18.1 Å². The van der Waals surface area contributed by atoms with Crippen molar-refractivity contribution >= 4 is 12.0 Å². The Balaban J connectivity index is 1.79. The number of amides is 1. The highest BCUT2D eigenvalue weighted by Gasteiger charge is 2.15. The lowest BCUT2D eigenvalue weighted by Crippen LogP contribution is -2.22. The van der Waals surface area contributed by atoms with Crippen LogP contribution >= 0.6 is 0 Å². The number of nitrogens with zero attached hydrogens (tertiary/aromatic N) is 2. The summed E-state index contributed by atoms with van der Waals surface area (Å²) in [6.45, 7) is 2.88. The topological polar surface area (TPSA) is 81.0 Å². The highest BCUT2D eigenvalue weighted by molar-refractivity contribution is 6.01. The maximum atomic E-state index is 12.1. The number of fused-ring (bicyclic) bond motifs is 1. The summed E-state index contributed by atoms with van der Waals surface area (Å²) in [5.41, 5.74) is 1.66. The van der Waals surface area contributed by atoms with Crippen LogP contribution in [-0.4, -0.2) is 38.3 Å². The van der Waals surface area contributed by atoms with E-state index in [1.54, 1.807) is 32.3 Å². The average Bonchev–Trinajstić information content (AvgIpc) is 3.19. The lowest BCUT2D eigenvalue weighted by atomic mass is 10.1. The Morgan fingerprint density at radius 3 is 2.66 bits per heavy atom. The molecule has 0 saturated carbocycles. The maximum absolute atomic E-state index is 12.1. The Labute approximate surface area is 169 Å². The third-order valence-electron chi connectivity index (χ3n) is 4.17. The fourth-order valence-electron chi connectivity index (χ4n) is 2.74. The van der Waals surface area contributed by atoms with Gasteiger partial charge in [-0.05, 0) is 48.4 Å². The van der Waals surface area contributed by atoms with Gasteiger partial charge in [-0.25, -0.2) is 0 Å². The molecule has 0 spiro atoms. The number of rotatable bonds is 7. The number of carbonyl (C=O) groups excluding carboxylic acids is 1. The van der Waals surface area contributed by atoms with Gasteiger partial charge in [0.15, 0.2) is 23.0 Å². The molecule has 0 aromatic heterocycles. The first kappa shape index (κ1) is 20.1. The normalized spacial score (nSPS) is 12.3. The first-order valence-electron chi connectivity index (χ1n) is 9.13. The van der Waals surface area contributed by atoms with Gasteiger partial charge in [0.1, 0.15) is 18.2 Å². The molecule has 0 fully saturated rings. The summed E-state index contributed by atoms with van der Waals surface area (Å²) < 4.78 is 22.3. The first-order valence-corrected chi connectivity index (χ1v) is 9.13. The van der Waals surface area contributed by atoms with Crippen molar-refractivity contribution in [3.63, 3.8) is 0 Å². The molecule has 1 heterocycles. The lowest BCUT2D eigenvalue weighted by Gasteiger charge is -2.13. The third-order valence-corrected chi connectivity index (χ3v) is 4.17. The van der Waals surface area contributed by atoms with Gasteiger partial charge in [-0.1, -0.05) is 12.1 Å². The van der Waals surface area contributed by atoms with Crippen molar-refractivity contribution in [2.75, 3.05) is 27.5 Å². The zero-order valence-electron chi connectivity index (χ0n) is 16.6. The zero-order chi connectivity index (χ0) is 20.8. The molecule has 7 heteroatoms. The van der Waals surface area contributed by atoms with E-state index in [0.29, 0.717) is 36.0 Å². The quantitative estimate of drug-likeness (QED) is 0.529. The Hall–Kier alpha value is -3.66. The van der Waals surface area contributed by atoms with E-state index in [0.717, 1.165) is 11.3 Å². The van der Waals surface area contributed by atoms with Gasteiger partial charge in [0.2, 0.25) is 6.79 Å². The van der Waals surface area contributed by atoms with Crippen LogP contribution in [0.25, 0.3) is 6.08 Å². The first-order chi connectivity index (χ1) is 14.0. The molecule has 1 aliphatic rings. The Bertz CT molecular complexity index is 976. The van der Waals surface area contributed by atoms with Crippen molar-refractivity contribution in [2.24, 2.45) is 0 Å². The lowest BCUT2D eigenvalue weighted by molar-refractivity contribution is -0.124. The summed E-state index contributed by atoms with van der Waals surface area (Å²) in [4.78, 5) is 13.4. The van der Waals surface area contributed by atoms with Gasteiger partial charge < -0.3 is 23.8 Å². The van der Waals surface area contributed by atoms with Gasteiger partial charge >= 0.3 is 0 Å². The molecule has 0 N–H and O–H groups in total. The van der Waals surface area contributed by atoms with Crippen LogP contribution < -0.4 is 18.9 Å². The maximum Gasteiger partial charge on any atom is 0.264 e. The largest absolute Gasteiger partial charge is 0.490 e. The fraction of sp³-hybridized carbons (Fsp3) is 0.273. The second kappa shape index (κ2) is 9.02. The van der Waals surface area contributed by atoms with Crippen LogP contribution in [0.15, 0.2) is 42.0 Å². The molecular weight excluding hydrogens is 372 g/mol. The summed E-state index contributed by atoms with van der Waals surface area (Å²) in [6, 6.07) is 12.9. The molecule has 0 atom stereocenters. The van der Waals surface area contributed by atoms with Gasteiger partial charge in [0.25, 0.3) is 5.91 Å².